The number of carboxylic acids is 1. The number of aliphatic carboxylic acids is 1. The summed E-state index contributed by atoms with van der Waals surface area (Å²) in [4.78, 5) is 10.5. The predicted molar refractivity (Wildman–Crippen MR) is 63.9 cm³/mol. The van der Waals surface area contributed by atoms with Crippen LogP contribution in [0.5, 0.6) is 0 Å². The molecule has 80 valence electrons. The van der Waals surface area contributed by atoms with E-state index in [0.29, 0.717) is 6.42 Å². The van der Waals surface area contributed by atoms with Crippen LogP contribution in [0.1, 0.15) is 18.4 Å². The molecule has 0 aliphatic heterocycles. The molecule has 0 heterocycles. The average Bonchev–Trinajstić information content (AvgIpc) is 2.20. The first-order valence-corrected chi connectivity index (χ1v) is 5.54. The highest BCUT2D eigenvalue weighted by atomic mass is 79.9. The van der Waals surface area contributed by atoms with E-state index >= 15 is 0 Å². The molecule has 0 aliphatic rings. The Labute approximate surface area is 97.8 Å². The average molecular weight is 269 g/mol. The topological polar surface area (TPSA) is 37.3 Å². The normalized spacial score (nSPS) is 9.93. The summed E-state index contributed by atoms with van der Waals surface area (Å²) in [6.07, 6.45) is 2.26. The molecule has 0 fully saturated rings. The molecule has 3 heteroatoms. The van der Waals surface area contributed by atoms with Crippen molar-refractivity contribution in [1.82, 2.24) is 0 Å². The van der Waals surface area contributed by atoms with Crippen molar-refractivity contribution in [3.8, 4) is 0 Å². The number of carbonyl (C=O) groups is 1. The Kier molecular flexibility index (Phi) is 4.56. The van der Waals surface area contributed by atoms with Crippen molar-refractivity contribution in [2.75, 3.05) is 0 Å². The fraction of sp³-hybridized carbons (Fsp3) is 0.250. The maximum Gasteiger partial charge on any atom is 0.330 e. The smallest absolute Gasteiger partial charge is 0.330 e. The quantitative estimate of drug-likeness (QED) is 0.831. The van der Waals surface area contributed by atoms with Gasteiger partial charge in [0.15, 0.2) is 0 Å². The van der Waals surface area contributed by atoms with E-state index in [9.17, 15) is 4.79 Å². The highest BCUT2D eigenvalue weighted by Crippen LogP contribution is 2.13. The third-order valence-electron chi connectivity index (χ3n) is 2.16. The van der Waals surface area contributed by atoms with Gasteiger partial charge in [0.05, 0.1) is 0 Å². The van der Waals surface area contributed by atoms with Crippen LogP contribution >= 0.6 is 15.9 Å². The van der Waals surface area contributed by atoms with Gasteiger partial charge in [-0.15, -0.1) is 0 Å². The summed E-state index contributed by atoms with van der Waals surface area (Å²) >= 11 is 3.36. The van der Waals surface area contributed by atoms with E-state index in [-0.39, 0.29) is 5.57 Å². The van der Waals surface area contributed by atoms with Gasteiger partial charge >= 0.3 is 5.97 Å². The molecule has 0 unspecified atom stereocenters. The molecule has 0 saturated heterocycles. The van der Waals surface area contributed by atoms with Gasteiger partial charge in [0.1, 0.15) is 0 Å². The number of hydrogen-bond acceptors (Lipinski definition) is 1. The Balaban J connectivity index is 2.35. The number of aryl methyl sites for hydroxylation is 1. The molecular weight excluding hydrogens is 256 g/mol. The van der Waals surface area contributed by atoms with Crippen LogP contribution in [0.4, 0.5) is 0 Å². The summed E-state index contributed by atoms with van der Waals surface area (Å²) in [6, 6.07) is 8.05. The second kappa shape index (κ2) is 5.71. The van der Waals surface area contributed by atoms with Gasteiger partial charge in [0, 0.05) is 10.0 Å². The lowest BCUT2D eigenvalue weighted by Gasteiger charge is -2.01. The minimum absolute atomic E-state index is 0.284. The molecule has 0 saturated carbocycles. The van der Waals surface area contributed by atoms with E-state index in [1.54, 1.807) is 0 Å². The zero-order valence-corrected chi connectivity index (χ0v) is 9.96. The van der Waals surface area contributed by atoms with Crippen LogP contribution in [-0.4, -0.2) is 11.1 Å². The van der Waals surface area contributed by atoms with E-state index in [0.717, 1.165) is 17.3 Å². The lowest BCUT2D eigenvalue weighted by Crippen LogP contribution is -1.99. The van der Waals surface area contributed by atoms with Gasteiger partial charge in [-0.1, -0.05) is 34.6 Å². The van der Waals surface area contributed by atoms with Gasteiger partial charge in [-0.3, -0.25) is 0 Å². The highest BCUT2D eigenvalue weighted by Gasteiger charge is 2.03. The fourth-order valence-corrected chi connectivity index (χ4v) is 1.53. The molecule has 0 spiro atoms. The van der Waals surface area contributed by atoms with Crippen molar-refractivity contribution in [2.24, 2.45) is 0 Å². The third-order valence-corrected chi connectivity index (χ3v) is 2.69. The molecule has 1 rings (SSSR count). The minimum atomic E-state index is -0.897. The number of rotatable bonds is 5. The fourth-order valence-electron chi connectivity index (χ4n) is 1.26. The van der Waals surface area contributed by atoms with Crippen molar-refractivity contribution in [1.29, 1.82) is 0 Å². The van der Waals surface area contributed by atoms with Gasteiger partial charge in [0.25, 0.3) is 0 Å². The summed E-state index contributed by atoms with van der Waals surface area (Å²) in [7, 11) is 0. The Morgan fingerprint density at radius 3 is 2.47 bits per heavy atom. The van der Waals surface area contributed by atoms with Crippen molar-refractivity contribution in [2.45, 2.75) is 19.3 Å². The first-order chi connectivity index (χ1) is 7.09. The SMILES string of the molecule is C=C(CCCc1ccc(Br)cc1)C(=O)O. The lowest BCUT2D eigenvalue weighted by molar-refractivity contribution is -0.132. The minimum Gasteiger partial charge on any atom is -0.478 e. The molecular formula is C12H13BrO2. The van der Waals surface area contributed by atoms with E-state index in [4.69, 9.17) is 5.11 Å². The van der Waals surface area contributed by atoms with Crippen LogP contribution in [0.2, 0.25) is 0 Å². The van der Waals surface area contributed by atoms with Crippen molar-refractivity contribution < 1.29 is 9.90 Å². The monoisotopic (exact) mass is 268 g/mol. The van der Waals surface area contributed by atoms with E-state index in [2.05, 4.69) is 22.5 Å². The van der Waals surface area contributed by atoms with Crippen LogP contribution in [0, 0.1) is 0 Å². The van der Waals surface area contributed by atoms with Gasteiger partial charge in [0.2, 0.25) is 0 Å². The summed E-state index contributed by atoms with van der Waals surface area (Å²) in [6.45, 7) is 3.49. The molecule has 1 aromatic carbocycles. The Bertz CT molecular complexity index is 354. The van der Waals surface area contributed by atoms with E-state index < -0.39 is 5.97 Å². The van der Waals surface area contributed by atoms with Gasteiger partial charge in [-0.25, -0.2) is 4.79 Å². The highest BCUT2D eigenvalue weighted by molar-refractivity contribution is 9.10. The number of halogens is 1. The van der Waals surface area contributed by atoms with Crippen molar-refractivity contribution in [3.63, 3.8) is 0 Å². The molecule has 1 aromatic rings. The van der Waals surface area contributed by atoms with Crippen LogP contribution in [-0.2, 0) is 11.2 Å². The summed E-state index contributed by atoms with van der Waals surface area (Å²) < 4.78 is 1.06. The predicted octanol–water partition coefficient (Wildman–Crippen LogP) is 3.41. The maximum absolute atomic E-state index is 10.5. The first kappa shape index (κ1) is 12.0. The summed E-state index contributed by atoms with van der Waals surface area (Å²) in [5.74, 6) is -0.897. The maximum atomic E-state index is 10.5. The number of hydrogen-bond donors (Lipinski definition) is 1. The van der Waals surface area contributed by atoms with Crippen molar-refractivity contribution in [3.05, 3.63) is 46.5 Å². The second-order valence-corrected chi connectivity index (χ2v) is 4.30. The first-order valence-electron chi connectivity index (χ1n) is 4.75. The molecule has 0 bridgehead atoms. The summed E-state index contributed by atoms with van der Waals surface area (Å²) in [5, 5.41) is 8.61. The number of benzene rings is 1. The second-order valence-electron chi connectivity index (χ2n) is 3.39. The Morgan fingerprint density at radius 1 is 1.33 bits per heavy atom. The molecule has 0 atom stereocenters. The van der Waals surface area contributed by atoms with Crippen molar-refractivity contribution >= 4 is 21.9 Å². The van der Waals surface area contributed by atoms with Crippen LogP contribution in [0.3, 0.4) is 0 Å². The molecule has 0 aliphatic carbocycles. The number of carboxylic acid groups (broad SMARTS) is 1. The van der Waals surface area contributed by atoms with E-state index in [1.807, 2.05) is 24.3 Å². The van der Waals surface area contributed by atoms with Crippen LogP contribution < -0.4 is 0 Å². The molecule has 0 radical (unpaired) electrons. The molecule has 0 aromatic heterocycles. The van der Waals surface area contributed by atoms with Gasteiger partial charge in [-0.05, 0) is 37.0 Å². The summed E-state index contributed by atoms with van der Waals surface area (Å²) in [5.41, 5.74) is 1.50. The lowest BCUT2D eigenvalue weighted by atomic mass is 10.1. The Hall–Kier alpha value is -1.09. The van der Waals surface area contributed by atoms with Crippen LogP contribution in [0.15, 0.2) is 40.9 Å². The molecule has 0 amide bonds. The van der Waals surface area contributed by atoms with Gasteiger partial charge < -0.3 is 5.11 Å². The zero-order chi connectivity index (χ0) is 11.3. The van der Waals surface area contributed by atoms with Gasteiger partial charge in [-0.2, -0.15) is 0 Å². The largest absolute Gasteiger partial charge is 0.478 e. The molecule has 1 N–H and O–H groups in total. The molecule has 2 nitrogen and oxygen atoms in total. The Morgan fingerprint density at radius 2 is 1.93 bits per heavy atom. The van der Waals surface area contributed by atoms with E-state index in [1.165, 1.54) is 5.56 Å². The standard InChI is InChI=1S/C12H13BrO2/c1-9(12(14)15)3-2-4-10-5-7-11(13)8-6-10/h5-8H,1-4H2,(H,14,15). The van der Waals surface area contributed by atoms with Crippen LogP contribution in [0.25, 0.3) is 0 Å². The molecule has 15 heavy (non-hydrogen) atoms. The third kappa shape index (κ3) is 4.30. The zero-order valence-electron chi connectivity index (χ0n) is 8.37.